The van der Waals surface area contributed by atoms with E-state index in [1.165, 1.54) is 13.0 Å². The van der Waals surface area contributed by atoms with Crippen LogP contribution in [0.15, 0.2) is 0 Å². The van der Waals surface area contributed by atoms with Crippen molar-refractivity contribution in [1.29, 1.82) is 0 Å². The molecule has 2 atom stereocenters. The topological polar surface area (TPSA) is 6.48 Å². The van der Waals surface area contributed by atoms with Gasteiger partial charge >= 0.3 is 0 Å². The van der Waals surface area contributed by atoms with Crippen LogP contribution in [0.5, 0.6) is 0 Å². The first-order valence-electron chi connectivity index (χ1n) is 3.98. The number of hydrogen-bond acceptors (Lipinski definition) is 2. The number of rotatable bonds is 1. The largest absolute Gasteiger partial charge is 0.305 e. The Morgan fingerprint density at radius 1 is 1.40 bits per heavy atom. The van der Waals surface area contributed by atoms with E-state index in [1.807, 2.05) is 0 Å². The lowest BCUT2D eigenvalue weighted by atomic mass is 10.2. The molecule has 2 nitrogen and oxygen atoms in total. The summed E-state index contributed by atoms with van der Waals surface area (Å²) in [7, 11) is 6.53. The van der Waals surface area contributed by atoms with Crippen molar-refractivity contribution in [3.63, 3.8) is 0 Å². The molecule has 1 rings (SSSR count). The van der Waals surface area contributed by atoms with Crippen LogP contribution < -0.4 is 0 Å². The summed E-state index contributed by atoms with van der Waals surface area (Å²) in [6.45, 7) is 3.53. The lowest BCUT2D eigenvalue weighted by Crippen LogP contribution is -2.30. The second-order valence-corrected chi connectivity index (χ2v) is 3.64. The molecule has 0 amide bonds. The number of likely N-dealkylation sites (tertiary alicyclic amines) is 1. The van der Waals surface area contributed by atoms with E-state index in [2.05, 4.69) is 37.9 Å². The van der Waals surface area contributed by atoms with Gasteiger partial charge in [0.25, 0.3) is 0 Å². The Hall–Kier alpha value is -0.0800. The quantitative estimate of drug-likeness (QED) is 0.530. The Morgan fingerprint density at radius 3 is 2.20 bits per heavy atom. The van der Waals surface area contributed by atoms with Crippen molar-refractivity contribution in [1.82, 2.24) is 9.80 Å². The highest BCUT2D eigenvalue weighted by Crippen LogP contribution is 2.17. The maximum atomic E-state index is 2.42. The Balaban J connectivity index is 2.41. The van der Waals surface area contributed by atoms with Crippen LogP contribution in [0.1, 0.15) is 13.3 Å². The van der Waals surface area contributed by atoms with Gasteiger partial charge in [0, 0.05) is 18.6 Å². The molecule has 0 aliphatic carbocycles. The molecule has 1 saturated heterocycles. The molecule has 10 heavy (non-hydrogen) atoms. The van der Waals surface area contributed by atoms with E-state index in [0.29, 0.717) is 0 Å². The van der Waals surface area contributed by atoms with Crippen LogP contribution in [0.3, 0.4) is 0 Å². The molecule has 0 N–H and O–H groups in total. The zero-order chi connectivity index (χ0) is 7.72. The van der Waals surface area contributed by atoms with Crippen molar-refractivity contribution < 1.29 is 0 Å². The summed E-state index contributed by atoms with van der Waals surface area (Å²) in [6.07, 6.45) is 1.32. The SMILES string of the molecule is C[C@@H]1CC(N(C)C)CN1C. The third-order valence-corrected chi connectivity index (χ3v) is 2.59. The Kier molecular flexibility index (Phi) is 2.32. The van der Waals surface area contributed by atoms with Gasteiger partial charge in [0.15, 0.2) is 0 Å². The molecule has 0 aromatic rings. The fraction of sp³-hybridized carbons (Fsp3) is 1.00. The molecule has 1 fully saturated rings. The van der Waals surface area contributed by atoms with E-state index >= 15 is 0 Å². The van der Waals surface area contributed by atoms with Gasteiger partial charge in [-0.05, 0) is 34.5 Å². The zero-order valence-corrected chi connectivity index (χ0v) is 7.46. The molecular weight excluding hydrogens is 124 g/mol. The second-order valence-electron chi connectivity index (χ2n) is 3.64. The minimum Gasteiger partial charge on any atom is -0.305 e. The summed E-state index contributed by atoms with van der Waals surface area (Å²) in [4.78, 5) is 4.74. The first-order chi connectivity index (χ1) is 4.61. The smallest absolute Gasteiger partial charge is 0.0231 e. The Bertz CT molecular complexity index is 102. The van der Waals surface area contributed by atoms with E-state index in [0.717, 1.165) is 12.1 Å². The molecule has 1 aliphatic heterocycles. The van der Waals surface area contributed by atoms with Gasteiger partial charge in [0.05, 0.1) is 0 Å². The summed E-state index contributed by atoms with van der Waals surface area (Å²) in [5.74, 6) is 0. The van der Waals surface area contributed by atoms with Crippen molar-refractivity contribution in [2.75, 3.05) is 27.7 Å². The predicted octanol–water partition coefficient (Wildman–Crippen LogP) is 0.641. The summed E-state index contributed by atoms with van der Waals surface area (Å²) in [5.41, 5.74) is 0. The van der Waals surface area contributed by atoms with Crippen LogP contribution in [0.2, 0.25) is 0 Å². The number of likely N-dealkylation sites (N-methyl/N-ethyl adjacent to an activating group) is 2. The standard InChI is InChI=1S/C8H18N2/c1-7-5-8(9(2)3)6-10(7)4/h7-8H,5-6H2,1-4H3/t7-,8?/m1/s1. The van der Waals surface area contributed by atoms with Crippen LogP contribution in [-0.2, 0) is 0 Å². The van der Waals surface area contributed by atoms with E-state index in [9.17, 15) is 0 Å². The van der Waals surface area contributed by atoms with Crippen molar-refractivity contribution in [2.24, 2.45) is 0 Å². The fourth-order valence-corrected chi connectivity index (χ4v) is 1.53. The average molecular weight is 142 g/mol. The lowest BCUT2D eigenvalue weighted by molar-refractivity contribution is 0.283. The minimum atomic E-state index is 0.771. The van der Waals surface area contributed by atoms with Crippen molar-refractivity contribution in [3.05, 3.63) is 0 Å². The van der Waals surface area contributed by atoms with Gasteiger partial charge in [-0.2, -0.15) is 0 Å². The van der Waals surface area contributed by atoms with Crippen LogP contribution in [0, 0.1) is 0 Å². The van der Waals surface area contributed by atoms with Crippen molar-refractivity contribution in [2.45, 2.75) is 25.4 Å². The first kappa shape index (κ1) is 8.02. The van der Waals surface area contributed by atoms with Gasteiger partial charge in [0.2, 0.25) is 0 Å². The van der Waals surface area contributed by atoms with Crippen LogP contribution in [0.25, 0.3) is 0 Å². The van der Waals surface area contributed by atoms with Gasteiger partial charge in [-0.15, -0.1) is 0 Å². The van der Waals surface area contributed by atoms with Crippen molar-refractivity contribution in [3.8, 4) is 0 Å². The monoisotopic (exact) mass is 142 g/mol. The molecule has 2 heteroatoms. The summed E-state index contributed by atoms with van der Waals surface area (Å²) in [6, 6.07) is 1.55. The minimum absolute atomic E-state index is 0.771. The number of hydrogen-bond donors (Lipinski definition) is 0. The van der Waals surface area contributed by atoms with E-state index in [1.54, 1.807) is 0 Å². The predicted molar refractivity (Wildman–Crippen MR) is 44.2 cm³/mol. The summed E-state index contributed by atoms with van der Waals surface area (Å²) < 4.78 is 0. The van der Waals surface area contributed by atoms with Gasteiger partial charge in [-0.3, -0.25) is 0 Å². The zero-order valence-electron chi connectivity index (χ0n) is 7.46. The molecule has 1 heterocycles. The Morgan fingerprint density at radius 2 is 2.00 bits per heavy atom. The normalized spacial score (nSPS) is 35.7. The molecule has 1 unspecified atom stereocenters. The van der Waals surface area contributed by atoms with Gasteiger partial charge in [-0.25, -0.2) is 0 Å². The van der Waals surface area contributed by atoms with E-state index < -0.39 is 0 Å². The van der Waals surface area contributed by atoms with Gasteiger partial charge < -0.3 is 9.80 Å². The molecular formula is C8H18N2. The van der Waals surface area contributed by atoms with E-state index in [4.69, 9.17) is 0 Å². The number of nitrogens with zero attached hydrogens (tertiary/aromatic N) is 2. The molecule has 60 valence electrons. The molecule has 0 saturated carbocycles. The summed E-state index contributed by atoms with van der Waals surface area (Å²) >= 11 is 0. The highest BCUT2D eigenvalue weighted by molar-refractivity contribution is 4.84. The fourth-order valence-electron chi connectivity index (χ4n) is 1.53. The molecule has 0 aromatic carbocycles. The summed E-state index contributed by atoms with van der Waals surface area (Å²) in [5, 5.41) is 0. The first-order valence-corrected chi connectivity index (χ1v) is 3.98. The molecule has 1 aliphatic rings. The second kappa shape index (κ2) is 2.89. The van der Waals surface area contributed by atoms with Crippen LogP contribution >= 0.6 is 0 Å². The molecule has 0 bridgehead atoms. The van der Waals surface area contributed by atoms with Crippen molar-refractivity contribution >= 4 is 0 Å². The highest BCUT2D eigenvalue weighted by Gasteiger charge is 2.26. The highest BCUT2D eigenvalue weighted by atomic mass is 15.2. The molecule has 0 spiro atoms. The molecule has 0 aromatic heterocycles. The maximum Gasteiger partial charge on any atom is 0.0231 e. The third-order valence-electron chi connectivity index (χ3n) is 2.59. The third kappa shape index (κ3) is 1.50. The van der Waals surface area contributed by atoms with E-state index in [-0.39, 0.29) is 0 Å². The van der Waals surface area contributed by atoms with Crippen LogP contribution in [-0.4, -0.2) is 49.6 Å². The Labute approximate surface area is 63.8 Å². The average Bonchev–Trinajstić information content (AvgIpc) is 2.13. The van der Waals surface area contributed by atoms with Gasteiger partial charge in [0.1, 0.15) is 0 Å². The van der Waals surface area contributed by atoms with Crippen LogP contribution in [0.4, 0.5) is 0 Å². The maximum absolute atomic E-state index is 2.42. The van der Waals surface area contributed by atoms with Gasteiger partial charge in [-0.1, -0.05) is 0 Å². The lowest BCUT2D eigenvalue weighted by Gasteiger charge is -2.17. The molecule has 0 radical (unpaired) electrons.